The van der Waals surface area contributed by atoms with Gasteiger partial charge in [0.05, 0.1) is 22.5 Å². The minimum Gasteiger partial charge on any atom is -0.352 e. The molecular weight excluding hydrogens is 346 g/mol. The van der Waals surface area contributed by atoms with Crippen molar-refractivity contribution in [1.82, 2.24) is 15.3 Å². The Kier molecular flexibility index (Phi) is 5.11. The quantitative estimate of drug-likeness (QED) is 0.562. The fourth-order valence-electron chi connectivity index (χ4n) is 3.31. The summed E-state index contributed by atoms with van der Waals surface area (Å²) in [6.07, 6.45) is 2.53. The molecule has 2 aromatic carbocycles. The molecule has 0 aliphatic rings. The van der Waals surface area contributed by atoms with E-state index in [-0.39, 0.29) is 5.91 Å². The maximum absolute atomic E-state index is 13.0. The van der Waals surface area contributed by atoms with Gasteiger partial charge in [-0.05, 0) is 48.7 Å². The highest BCUT2D eigenvalue weighted by Gasteiger charge is 2.14. The molecule has 0 saturated heterocycles. The van der Waals surface area contributed by atoms with Crippen LogP contribution in [0.4, 0.5) is 0 Å². The number of hydrogen-bond donors (Lipinski definition) is 1. The standard InChI is InChI=1S/C24H21N3O/c1-17-8-2-3-9-18(17)13-15-26-24(28)20-16-23(22-12-6-7-14-25-22)27-21-11-5-4-10-19(20)21/h2-12,14,16H,13,15H2,1H3,(H,26,28). The van der Waals surface area contributed by atoms with Crippen LogP contribution >= 0.6 is 0 Å². The fourth-order valence-corrected chi connectivity index (χ4v) is 3.31. The average molecular weight is 367 g/mol. The van der Waals surface area contributed by atoms with Crippen LogP contribution in [-0.2, 0) is 6.42 Å². The monoisotopic (exact) mass is 367 g/mol. The Morgan fingerprint density at radius 3 is 2.54 bits per heavy atom. The summed E-state index contributed by atoms with van der Waals surface area (Å²) in [5.74, 6) is -0.0932. The summed E-state index contributed by atoms with van der Waals surface area (Å²) in [4.78, 5) is 22.0. The van der Waals surface area contributed by atoms with E-state index < -0.39 is 0 Å². The number of aromatic nitrogens is 2. The summed E-state index contributed by atoms with van der Waals surface area (Å²) in [5, 5.41) is 3.90. The van der Waals surface area contributed by atoms with Crippen LogP contribution in [0.3, 0.4) is 0 Å². The molecule has 138 valence electrons. The van der Waals surface area contributed by atoms with E-state index in [0.717, 1.165) is 23.0 Å². The van der Waals surface area contributed by atoms with Crippen molar-refractivity contribution in [3.8, 4) is 11.4 Å². The van der Waals surface area contributed by atoms with E-state index in [0.29, 0.717) is 17.8 Å². The van der Waals surface area contributed by atoms with Crippen LogP contribution in [0.25, 0.3) is 22.3 Å². The number of benzene rings is 2. The number of aryl methyl sites for hydroxylation is 1. The summed E-state index contributed by atoms with van der Waals surface area (Å²) < 4.78 is 0. The fraction of sp³-hybridized carbons (Fsp3) is 0.125. The molecule has 0 aliphatic heterocycles. The molecule has 4 aromatic rings. The number of carbonyl (C=O) groups is 1. The molecule has 0 atom stereocenters. The first-order valence-corrected chi connectivity index (χ1v) is 9.36. The molecule has 28 heavy (non-hydrogen) atoms. The van der Waals surface area contributed by atoms with Gasteiger partial charge >= 0.3 is 0 Å². The lowest BCUT2D eigenvalue weighted by Gasteiger charge is -2.11. The van der Waals surface area contributed by atoms with Gasteiger partial charge in [-0.3, -0.25) is 9.78 Å². The van der Waals surface area contributed by atoms with Crippen molar-refractivity contribution < 1.29 is 4.79 Å². The highest BCUT2D eigenvalue weighted by molar-refractivity contribution is 6.07. The van der Waals surface area contributed by atoms with Crippen molar-refractivity contribution in [3.05, 3.63) is 95.7 Å². The number of fused-ring (bicyclic) bond motifs is 1. The number of nitrogens with one attached hydrogen (secondary N) is 1. The van der Waals surface area contributed by atoms with Crippen molar-refractivity contribution in [2.45, 2.75) is 13.3 Å². The molecule has 4 nitrogen and oxygen atoms in total. The molecular formula is C24H21N3O. The van der Waals surface area contributed by atoms with Gasteiger partial charge in [-0.1, -0.05) is 48.5 Å². The zero-order chi connectivity index (χ0) is 19.3. The third-order valence-electron chi connectivity index (χ3n) is 4.83. The molecule has 1 N–H and O–H groups in total. The van der Waals surface area contributed by atoms with E-state index in [1.54, 1.807) is 6.20 Å². The maximum atomic E-state index is 13.0. The minimum absolute atomic E-state index is 0.0932. The highest BCUT2D eigenvalue weighted by Crippen LogP contribution is 2.23. The number of para-hydroxylation sites is 1. The van der Waals surface area contributed by atoms with Gasteiger partial charge in [-0.15, -0.1) is 0 Å². The summed E-state index contributed by atoms with van der Waals surface area (Å²) in [5.41, 5.74) is 5.34. The summed E-state index contributed by atoms with van der Waals surface area (Å²) in [6.45, 7) is 2.67. The van der Waals surface area contributed by atoms with E-state index in [4.69, 9.17) is 0 Å². The van der Waals surface area contributed by atoms with Gasteiger partial charge in [-0.25, -0.2) is 4.98 Å². The van der Waals surface area contributed by atoms with E-state index in [9.17, 15) is 4.79 Å². The molecule has 4 heteroatoms. The van der Waals surface area contributed by atoms with Crippen molar-refractivity contribution in [1.29, 1.82) is 0 Å². The predicted molar refractivity (Wildman–Crippen MR) is 112 cm³/mol. The van der Waals surface area contributed by atoms with Gasteiger partial charge < -0.3 is 5.32 Å². The van der Waals surface area contributed by atoms with Gasteiger partial charge in [-0.2, -0.15) is 0 Å². The third-order valence-corrected chi connectivity index (χ3v) is 4.83. The Morgan fingerprint density at radius 1 is 0.929 bits per heavy atom. The maximum Gasteiger partial charge on any atom is 0.252 e. The van der Waals surface area contributed by atoms with Gasteiger partial charge in [0, 0.05) is 18.1 Å². The molecule has 0 saturated carbocycles. The molecule has 0 fully saturated rings. The summed E-state index contributed by atoms with van der Waals surface area (Å²) in [6, 6.07) is 23.5. The molecule has 0 spiro atoms. The van der Waals surface area contributed by atoms with Crippen LogP contribution < -0.4 is 5.32 Å². The predicted octanol–water partition coefficient (Wildman–Crippen LogP) is 4.58. The van der Waals surface area contributed by atoms with Gasteiger partial charge in [0.25, 0.3) is 5.91 Å². The van der Waals surface area contributed by atoms with Crippen molar-refractivity contribution >= 4 is 16.8 Å². The van der Waals surface area contributed by atoms with Crippen molar-refractivity contribution in [2.24, 2.45) is 0 Å². The Bertz CT molecular complexity index is 1120. The number of nitrogens with zero attached hydrogens (tertiary/aromatic N) is 2. The summed E-state index contributed by atoms with van der Waals surface area (Å²) >= 11 is 0. The molecule has 0 radical (unpaired) electrons. The zero-order valence-corrected chi connectivity index (χ0v) is 15.7. The smallest absolute Gasteiger partial charge is 0.252 e. The lowest BCUT2D eigenvalue weighted by molar-refractivity contribution is 0.0955. The zero-order valence-electron chi connectivity index (χ0n) is 15.7. The average Bonchev–Trinajstić information content (AvgIpc) is 2.75. The van der Waals surface area contributed by atoms with Crippen LogP contribution in [0.5, 0.6) is 0 Å². The third kappa shape index (κ3) is 3.76. The molecule has 0 unspecified atom stereocenters. The first kappa shape index (κ1) is 17.9. The van der Waals surface area contributed by atoms with Gasteiger partial charge in [0.1, 0.15) is 0 Å². The van der Waals surface area contributed by atoms with Crippen molar-refractivity contribution in [3.63, 3.8) is 0 Å². The van der Waals surface area contributed by atoms with Crippen LogP contribution in [0.2, 0.25) is 0 Å². The molecule has 2 aromatic heterocycles. The minimum atomic E-state index is -0.0932. The topological polar surface area (TPSA) is 54.9 Å². The van der Waals surface area contributed by atoms with Crippen molar-refractivity contribution in [2.75, 3.05) is 6.54 Å². The molecule has 0 bridgehead atoms. The van der Waals surface area contributed by atoms with Gasteiger partial charge in [0.15, 0.2) is 0 Å². The Balaban J connectivity index is 1.61. The Morgan fingerprint density at radius 2 is 1.71 bits per heavy atom. The number of amides is 1. The normalized spacial score (nSPS) is 10.8. The van der Waals surface area contributed by atoms with Gasteiger partial charge in [0.2, 0.25) is 0 Å². The van der Waals surface area contributed by atoms with Crippen LogP contribution in [0.15, 0.2) is 79.0 Å². The largest absolute Gasteiger partial charge is 0.352 e. The molecule has 0 aliphatic carbocycles. The SMILES string of the molecule is Cc1ccccc1CCNC(=O)c1cc(-c2ccccn2)nc2ccccc12. The number of pyridine rings is 2. The molecule has 4 rings (SSSR count). The molecule has 1 amide bonds. The van der Waals surface area contributed by atoms with E-state index in [2.05, 4.69) is 34.3 Å². The summed E-state index contributed by atoms with van der Waals surface area (Å²) in [7, 11) is 0. The van der Waals surface area contributed by atoms with E-state index in [1.165, 1.54) is 11.1 Å². The highest BCUT2D eigenvalue weighted by atomic mass is 16.1. The first-order valence-electron chi connectivity index (χ1n) is 9.36. The van der Waals surface area contributed by atoms with Crippen LogP contribution in [0, 0.1) is 6.92 Å². The van der Waals surface area contributed by atoms with Crippen LogP contribution in [0.1, 0.15) is 21.5 Å². The number of rotatable bonds is 5. The number of carbonyl (C=O) groups excluding carboxylic acids is 1. The van der Waals surface area contributed by atoms with E-state index in [1.807, 2.05) is 60.7 Å². The number of hydrogen-bond acceptors (Lipinski definition) is 3. The first-order chi connectivity index (χ1) is 13.7. The second kappa shape index (κ2) is 8.01. The lowest BCUT2D eigenvalue weighted by atomic mass is 10.0. The Labute approximate surface area is 164 Å². The lowest BCUT2D eigenvalue weighted by Crippen LogP contribution is -2.26. The molecule has 2 heterocycles. The van der Waals surface area contributed by atoms with E-state index >= 15 is 0 Å². The Hall–Kier alpha value is -3.53. The van der Waals surface area contributed by atoms with Crippen LogP contribution in [-0.4, -0.2) is 22.4 Å². The second-order valence-electron chi connectivity index (χ2n) is 6.72. The second-order valence-corrected chi connectivity index (χ2v) is 6.72.